The van der Waals surface area contributed by atoms with Crippen molar-refractivity contribution in [2.75, 3.05) is 19.8 Å². The Morgan fingerprint density at radius 1 is 1.24 bits per heavy atom. The van der Waals surface area contributed by atoms with Crippen molar-refractivity contribution in [3.05, 3.63) is 69.1 Å². The van der Waals surface area contributed by atoms with Crippen molar-refractivity contribution in [2.24, 2.45) is 5.92 Å². The van der Waals surface area contributed by atoms with Gasteiger partial charge in [-0.1, -0.05) is 44.2 Å². The summed E-state index contributed by atoms with van der Waals surface area (Å²) in [4.78, 5) is 41.3. The quantitative estimate of drug-likeness (QED) is 0.464. The number of rotatable bonds is 7. The first kappa shape index (κ1) is 25.7. The van der Waals surface area contributed by atoms with Crippen molar-refractivity contribution in [3.63, 3.8) is 0 Å². The number of morpholine rings is 1. The number of fused-ring (bicyclic) bond motifs is 1. The van der Waals surface area contributed by atoms with Crippen LogP contribution in [0.2, 0.25) is 0 Å². The molecule has 0 spiro atoms. The van der Waals surface area contributed by atoms with Gasteiger partial charge in [-0.2, -0.15) is 9.61 Å². The predicted octanol–water partition coefficient (Wildman–Crippen LogP) is 2.67. The Morgan fingerprint density at radius 3 is 2.66 bits per heavy atom. The number of carbonyl (C=O) groups is 2. The van der Waals surface area contributed by atoms with E-state index in [1.165, 1.54) is 6.08 Å². The van der Waals surface area contributed by atoms with Crippen molar-refractivity contribution in [1.82, 2.24) is 24.4 Å². The highest BCUT2D eigenvalue weighted by Gasteiger charge is 2.31. The topological polar surface area (TPSA) is 118 Å². The van der Waals surface area contributed by atoms with Gasteiger partial charge in [0.15, 0.2) is 5.56 Å². The van der Waals surface area contributed by atoms with Gasteiger partial charge in [-0.15, -0.1) is 0 Å². The van der Waals surface area contributed by atoms with Gasteiger partial charge in [0.25, 0.3) is 11.5 Å². The molecule has 1 saturated heterocycles. The zero-order valence-electron chi connectivity index (χ0n) is 21.9. The molecule has 0 bridgehead atoms. The standard InChI is InChI=1S/C28H33N5O5/c1-17(2)15-32-26-21(11-12-23(34)31-13-14-38-16-22(31)19-7-5-4-6-8-19)18(3)30-33(26)28(37)24(27(32)36)25(35)29-20-9-10-20/h4-8,11-12,17,20,22,36H,9-10,13-16H2,1-3H3,(H,29,35). The first-order valence-corrected chi connectivity index (χ1v) is 13.0. The van der Waals surface area contributed by atoms with Crippen LogP contribution in [0.4, 0.5) is 0 Å². The average Bonchev–Trinajstić information content (AvgIpc) is 3.65. The van der Waals surface area contributed by atoms with Crippen LogP contribution in [0.15, 0.2) is 41.2 Å². The second kappa shape index (κ2) is 10.4. The number of nitrogens with one attached hydrogen (secondary N) is 1. The van der Waals surface area contributed by atoms with Gasteiger partial charge in [0, 0.05) is 30.8 Å². The lowest BCUT2D eigenvalue weighted by atomic mass is 10.0. The summed E-state index contributed by atoms with van der Waals surface area (Å²) in [5, 5.41) is 18.3. The molecule has 10 nitrogen and oxygen atoms in total. The van der Waals surface area contributed by atoms with Crippen LogP contribution in [0.25, 0.3) is 11.7 Å². The summed E-state index contributed by atoms with van der Waals surface area (Å²) in [6.07, 6.45) is 4.82. The van der Waals surface area contributed by atoms with Crippen LogP contribution < -0.4 is 10.9 Å². The van der Waals surface area contributed by atoms with E-state index in [-0.39, 0.29) is 29.5 Å². The second-order valence-electron chi connectivity index (χ2n) is 10.4. The SMILES string of the molecule is Cc1nn2c(=O)c(C(=O)NC3CC3)c(O)n(CC(C)C)c2c1C=CC(=O)N1CCOCC1c1ccccc1. The molecule has 3 aromatic rings. The van der Waals surface area contributed by atoms with Gasteiger partial charge in [0.1, 0.15) is 5.65 Å². The van der Waals surface area contributed by atoms with Gasteiger partial charge in [0.05, 0.1) is 24.9 Å². The predicted molar refractivity (Wildman–Crippen MR) is 142 cm³/mol. The number of ether oxygens (including phenoxy) is 1. The molecule has 1 aliphatic heterocycles. The Hall–Kier alpha value is -3.92. The van der Waals surface area contributed by atoms with Crippen LogP contribution in [0.1, 0.15) is 59.9 Å². The third kappa shape index (κ3) is 4.96. The summed E-state index contributed by atoms with van der Waals surface area (Å²) in [6.45, 7) is 7.34. The second-order valence-corrected chi connectivity index (χ2v) is 10.4. The molecule has 5 rings (SSSR count). The number of aryl methyl sites for hydroxylation is 1. The zero-order chi connectivity index (χ0) is 27.0. The summed E-state index contributed by atoms with van der Waals surface area (Å²) in [5.41, 5.74) is 1.36. The van der Waals surface area contributed by atoms with Crippen LogP contribution >= 0.6 is 0 Å². The summed E-state index contributed by atoms with van der Waals surface area (Å²) < 4.78 is 8.35. The average molecular weight is 520 g/mol. The van der Waals surface area contributed by atoms with Crippen molar-refractivity contribution >= 4 is 23.5 Å². The van der Waals surface area contributed by atoms with Gasteiger partial charge >= 0.3 is 0 Å². The van der Waals surface area contributed by atoms with E-state index in [0.29, 0.717) is 43.2 Å². The van der Waals surface area contributed by atoms with E-state index < -0.39 is 17.3 Å². The lowest BCUT2D eigenvalue weighted by Crippen LogP contribution is -2.42. The molecule has 1 atom stereocenters. The number of aromatic hydroxyl groups is 1. The fourth-order valence-corrected chi connectivity index (χ4v) is 4.85. The molecular formula is C28H33N5O5. The molecule has 1 unspecified atom stereocenters. The van der Waals surface area contributed by atoms with E-state index >= 15 is 0 Å². The number of aromatic nitrogens is 3. The minimum atomic E-state index is -0.693. The number of hydrogen-bond acceptors (Lipinski definition) is 6. The summed E-state index contributed by atoms with van der Waals surface area (Å²) in [6, 6.07) is 9.57. The molecule has 3 heterocycles. The fourth-order valence-electron chi connectivity index (χ4n) is 4.85. The van der Waals surface area contributed by atoms with Crippen LogP contribution in [0.5, 0.6) is 5.88 Å². The molecular weight excluding hydrogens is 486 g/mol. The Morgan fingerprint density at radius 2 is 1.97 bits per heavy atom. The molecule has 2 aromatic heterocycles. The first-order valence-electron chi connectivity index (χ1n) is 13.0. The molecule has 2 N–H and O–H groups in total. The van der Waals surface area contributed by atoms with E-state index in [9.17, 15) is 19.5 Å². The lowest BCUT2D eigenvalue weighted by Gasteiger charge is -2.35. The number of hydrogen-bond donors (Lipinski definition) is 2. The summed E-state index contributed by atoms with van der Waals surface area (Å²) >= 11 is 0. The molecule has 38 heavy (non-hydrogen) atoms. The molecule has 1 saturated carbocycles. The molecule has 1 aliphatic carbocycles. The normalized spacial score (nSPS) is 18.0. The first-order chi connectivity index (χ1) is 18.3. The van der Waals surface area contributed by atoms with Gasteiger partial charge in [0.2, 0.25) is 11.8 Å². The molecule has 200 valence electrons. The van der Waals surface area contributed by atoms with E-state index in [0.717, 1.165) is 22.9 Å². The molecule has 10 heteroatoms. The van der Waals surface area contributed by atoms with Crippen molar-refractivity contribution in [1.29, 1.82) is 0 Å². The van der Waals surface area contributed by atoms with Crippen molar-refractivity contribution in [3.8, 4) is 5.88 Å². The molecule has 1 aromatic carbocycles. The monoisotopic (exact) mass is 519 g/mol. The number of nitrogens with zero attached hydrogens (tertiary/aromatic N) is 4. The van der Waals surface area contributed by atoms with Gasteiger partial charge in [-0.05, 0) is 37.3 Å². The molecule has 0 radical (unpaired) electrons. The lowest BCUT2D eigenvalue weighted by molar-refractivity contribution is -0.134. The van der Waals surface area contributed by atoms with Crippen molar-refractivity contribution in [2.45, 2.75) is 52.2 Å². The smallest absolute Gasteiger partial charge is 0.291 e. The molecule has 2 aliphatic rings. The van der Waals surface area contributed by atoms with Gasteiger partial charge in [-0.25, -0.2) is 0 Å². The maximum absolute atomic E-state index is 13.4. The molecule has 2 fully saturated rings. The van der Waals surface area contributed by atoms with Crippen LogP contribution in [0, 0.1) is 12.8 Å². The Balaban J connectivity index is 1.54. The Labute approximate surface area is 220 Å². The van der Waals surface area contributed by atoms with Crippen molar-refractivity contribution < 1.29 is 19.4 Å². The summed E-state index contributed by atoms with van der Waals surface area (Å²) in [5.74, 6) is -1.09. The summed E-state index contributed by atoms with van der Waals surface area (Å²) in [7, 11) is 0. The number of amides is 2. The number of benzene rings is 1. The molecule has 2 amide bonds. The van der Waals surface area contributed by atoms with E-state index in [1.54, 1.807) is 22.5 Å². The fraction of sp³-hybridized carbons (Fsp3) is 0.429. The van der Waals surface area contributed by atoms with Crippen LogP contribution in [-0.2, 0) is 16.1 Å². The minimum absolute atomic E-state index is 0.0271. The maximum Gasteiger partial charge on any atom is 0.291 e. The van der Waals surface area contributed by atoms with E-state index in [4.69, 9.17) is 4.74 Å². The minimum Gasteiger partial charge on any atom is -0.494 e. The van der Waals surface area contributed by atoms with Gasteiger partial charge < -0.3 is 20.1 Å². The third-order valence-corrected chi connectivity index (χ3v) is 6.90. The highest BCUT2D eigenvalue weighted by molar-refractivity contribution is 5.97. The van der Waals surface area contributed by atoms with Crippen LogP contribution in [-0.4, -0.2) is 61.8 Å². The third-order valence-electron chi connectivity index (χ3n) is 6.90. The maximum atomic E-state index is 13.4. The van der Waals surface area contributed by atoms with Gasteiger partial charge in [-0.3, -0.25) is 19.0 Å². The van der Waals surface area contributed by atoms with E-state index in [2.05, 4.69) is 10.4 Å². The highest BCUT2D eigenvalue weighted by atomic mass is 16.5. The Kier molecular flexibility index (Phi) is 7.07. The van der Waals surface area contributed by atoms with Crippen LogP contribution in [0.3, 0.4) is 0 Å². The largest absolute Gasteiger partial charge is 0.494 e. The Bertz CT molecular complexity index is 1450. The zero-order valence-corrected chi connectivity index (χ0v) is 21.9. The van der Waals surface area contributed by atoms with E-state index in [1.807, 2.05) is 44.2 Å². The number of carbonyl (C=O) groups excluding carboxylic acids is 2. The highest BCUT2D eigenvalue weighted by Crippen LogP contribution is 2.27.